The van der Waals surface area contributed by atoms with Gasteiger partial charge in [0.25, 0.3) is 0 Å². The lowest BCUT2D eigenvalue weighted by Crippen LogP contribution is -2.44. The summed E-state index contributed by atoms with van der Waals surface area (Å²) in [5.74, 6) is -0.801. The van der Waals surface area contributed by atoms with E-state index in [1.807, 2.05) is 6.92 Å². The van der Waals surface area contributed by atoms with E-state index in [9.17, 15) is 13.2 Å². The van der Waals surface area contributed by atoms with Crippen LogP contribution in [-0.2, 0) is 20.4 Å². The zero-order chi connectivity index (χ0) is 14.8. The van der Waals surface area contributed by atoms with Crippen LogP contribution in [0, 0.1) is 0 Å². The fourth-order valence-corrected chi connectivity index (χ4v) is 5.27. The van der Waals surface area contributed by atoms with E-state index in [0.29, 0.717) is 15.8 Å². The normalized spacial score (nSPS) is 20.1. The molecule has 0 saturated carbocycles. The minimum atomic E-state index is -3.43. The van der Waals surface area contributed by atoms with Crippen LogP contribution in [0.2, 0.25) is 4.34 Å². The van der Waals surface area contributed by atoms with Gasteiger partial charge in [0.15, 0.2) is 9.84 Å². The predicted molar refractivity (Wildman–Crippen MR) is 81.8 cm³/mol. The van der Waals surface area contributed by atoms with Gasteiger partial charge in [-0.3, -0.25) is 4.79 Å². The van der Waals surface area contributed by atoms with Gasteiger partial charge < -0.3 is 4.90 Å². The van der Waals surface area contributed by atoms with Crippen molar-refractivity contribution < 1.29 is 13.2 Å². The molecular formula is C13H18ClNO3S2. The molecule has 0 radical (unpaired) electrons. The van der Waals surface area contributed by atoms with E-state index in [2.05, 4.69) is 0 Å². The van der Waals surface area contributed by atoms with Crippen LogP contribution < -0.4 is 0 Å². The molecule has 0 spiro atoms. The van der Waals surface area contributed by atoms with E-state index in [-0.39, 0.29) is 17.7 Å². The summed E-state index contributed by atoms with van der Waals surface area (Å²) < 4.78 is 24.7. The third kappa shape index (κ3) is 4.20. The molecule has 1 saturated heterocycles. The lowest BCUT2D eigenvalue weighted by Gasteiger charge is -2.33. The summed E-state index contributed by atoms with van der Waals surface area (Å²) in [4.78, 5) is 14.5. The molecule has 1 unspecified atom stereocenters. The number of amides is 1. The molecule has 2 rings (SSSR count). The van der Waals surface area contributed by atoms with Gasteiger partial charge in [-0.15, -0.1) is 11.3 Å². The maximum atomic E-state index is 12.1. The highest BCUT2D eigenvalue weighted by atomic mass is 35.5. The predicted octanol–water partition coefficient (Wildman–Crippen LogP) is 2.72. The number of halogens is 1. The molecule has 1 amide bonds. The zero-order valence-corrected chi connectivity index (χ0v) is 13.7. The Labute approximate surface area is 128 Å². The molecule has 112 valence electrons. The number of nitrogens with zero attached hydrogens (tertiary/aromatic N) is 1. The molecule has 1 atom stereocenters. The molecule has 1 fully saturated rings. The second-order valence-electron chi connectivity index (χ2n) is 5.17. The number of carbonyl (C=O) groups is 1. The van der Waals surface area contributed by atoms with Crippen LogP contribution >= 0.6 is 22.9 Å². The summed E-state index contributed by atoms with van der Waals surface area (Å²) >= 11 is 7.02. The molecule has 20 heavy (non-hydrogen) atoms. The SMILES string of the molecule is CC1CCCCN1C(=O)CS(=O)(=O)Cc1ccc(Cl)s1. The molecule has 1 aliphatic heterocycles. The molecule has 4 nitrogen and oxygen atoms in total. The van der Waals surface area contributed by atoms with Crippen LogP contribution in [0.15, 0.2) is 12.1 Å². The first kappa shape index (κ1) is 15.8. The number of thiophene rings is 1. The van der Waals surface area contributed by atoms with E-state index in [4.69, 9.17) is 11.6 Å². The van der Waals surface area contributed by atoms with Gasteiger partial charge in [-0.2, -0.15) is 0 Å². The van der Waals surface area contributed by atoms with Crippen LogP contribution in [0.3, 0.4) is 0 Å². The topological polar surface area (TPSA) is 54.5 Å². The molecule has 0 aromatic carbocycles. The third-order valence-corrected chi connectivity index (χ3v) is 6.31. The summed E-state index contributed by atoms with van der Waals surface area (Å²) in [7, 11) is -3.43. The minimum absolute atomic E-state index is 0.113. The van der Waals surface area contributed by atoms with Crippen molar-refractivity contribution in [3.63, 3.8) is 0 Å². The Morgan fingerprint density at radius 2 is 2.20 bits per heavy atom. The minimum Gasteiger partial charge on any atom is -0.339 e. The highest BCUT2D eigenvalue weighted by Gasteiger charge is 2.27. The number of rotatable bonds is 4. The molecular weight excluding hydrogens is 318 g/mol. The fourth-order valence-electron chi connectivity index (χ4n) is 2.44. The lowest BCUT2D eigenvalue weighted by atomic mass is 10.0. The standard InChI is InChI=1S/C13H18ClNO3S2/c1-10-4-2-3-7-15(10)13(16)9-20(17,18)8-11-5-6-12(14)19-11/h5-6,10H,2-4,7-9H2,1H3. The van der Waals surface area contributed by atoms with Gasteiger partial charge in [0.1, 0.15) is 5.75 Å². The molecule has 1 aromatic rings. The summed E-state index contributed by atoms with van der Waals surface area (Å²) in [6.07, 6.45) is 3.01. The lowest BCUT2D eigenvalue weighted by molar-refractivity contribution is -0.131. The summed E-state index contributed by atoms with van der Waals surface area (Å²) in [5, 5.41) is 0. The number of carbonyl (C=O) groups excluding carboxylic acids is 1. The van der Waals surface area contributed by atoms with Gasteiger partial charge in [-0.25, -0.2) is 8.42 Å². The van der Waals surface area contributed by atoms with E-state index < -0.39 is 15.6 Å². The van der Waals surface area contributed by atoms with Crippen molar-refractivity contribution in [3.05, 3.63) is 21.3 Å². The summed E-state index contributed by atoms with van der Waals surface area (Å²) in [6, 6.07) is 3.51. The van der Waals surface area contributed by atoms with Crippen molar-refractivity contribution in [2.24, 2.45) is 0 Å². The number of likely N-dealkylation sites (tertiary alicyclic amines) is 1. The molecule has 2 heterocycles. The van der Waals surface area contributed by atoms with Gasteiger partial charge >= 0.3 is 0 Å². The van der Waals surface area contributed by atoms with Crippen LogP contribution in [0.5, 0.6) is 0 Å². The van der Waals surface area contributed by atoms with E-state index in [1.54, 1.807) is 17.0 Å². The second kappa shape index (κ2) is 6.45. The van der Waals surface area contributed by atoms with E-state index in [1.165, 1.54) is 11.3 Å². The van der Waals surface area contributed by atoms with Gasteiger partial charge in [-0.1, -0.05) is 11.6 Å². The number of piperidine rings is 1. The van der Waals surface area contributed by atoms with E-state index >= 15 is 0 Å². The smallest absolute Gasteiger partial charge is 0.238 e. The highest BCUT2D eigenvalue weighted by molar-refractivity contribution is 7.91. The van der Waals surface area contributed by atoms with Crippen molar-refractivity contribution in [1.82, 2.24) is 4.90 Å². The largest absolute Gasteiger partial charge is 0.339 e. The fraction of sp³-hybridized carbons (Fsp3) is 0.615. The number of hydrogen-bond acceptors (Lipinski definition) is 4. The quantitative estimate of drug-likeness (QED) is 0.850. The van der Waals surface area contributed by atoms with Crippen LogP contribution in [-0.4, -0.2) is 37.6 Å². The molecule has 0 bridgehead atoms. The second-order valence-corrected chi connectivity index (χ2v) is 9.03. The van der Waals surface area contributed by atoms with Gasteiger partial charge in [-0.05, 0) is 38.3 Å². The summed E-state index contributed by atoms with van der Waals surface area (Å²) in [5.41, 5.74) is 0. The number of hydrogen-bond donors (Lipinski definition) is 0. The number of sulfone groups is 1. The van der Waals surface area contributed by atoms with E-state index in [0.717, 1.165) is 19.3 Å². The first-order chi connectivity index (χ1) is 9.37. The average Bonchev–Trinajstić information content (AvgIpc) is 2.73. The van der Waals surface area contributed by atoms with Crippen LogP contribution in [0.1, 0.15) is 31.1 Å². The van der Waals surface area contributed by atoms with Gasteiger partial charge in [0, 0.05) is 17.5 Å². The Hall–Kier alpha value is -0.590. The van der Waals surface area contributed by atoms with Gasteiger partial charge in [0.2, 0.25) is 5.91 Å². The third-order valence-electron chi connectivity index (χ3n) is 3.46. The Balaban J connectivity index is 1.98. The molecule has 7 heteroatoms. The first-order valence-corrected chi connectivity index (χ1v) is 9.63. The Bertz CT molecular complexity index is 582. The molecule has 1 aliphatic rings. The van der Waals surface area contributed by atoms with Crippen molar-refractivity contribution in [2.45, 2.75) is 38.0 Å². The van der Waals surface area contributed by atoms with Gasteiger partial charge in [0.05, 0.1) is 10.1 Å². The van der Waals surface area contributed by atoms with Crippen molar-refractivity contribution >= 4 is 38.7 Å². The Kier molecular flexibility index (Phi) is 5.09. The average molecular weight is 336 g/mol. The maximum absolute atomic E-state index is 12.1. The Morgan fingerprint density at radius 3 is 2.80 bits per heavy atom. The highest BCUT2D eigenvalue weighted by Crippen LogP contribution is 2.24. The first-order valence-electron chi connectivity index (χ1n) is 6.61. The molecule has 0 aliphatic carbocycles. The zero-order valence-electron chi connectivity index (χ0n) is 11.3. The molecule has 0 N–H and O–H groups in total. The van der Waals surface area contributed by atoms with Crippen LogP contribution in [0.4, 0.5) is 0 Å². The summed E-state index contributed by atoms with van der Waals surface area (Å²) in [6.45, 7) is 2.64. The van der Waals surface area contributed by atoms with Crippen molar-refractivity contribution in [3.8, 4) is 0 Å². The maximum Gasteiger partial charge on any atom is 0.238 e. The van der Waals surface area contributed by atoms with Crippen molar-refractivity contribution in [2.75, 3.05) is 12.3 Å². The van der Waals surface area contributed by atoms with Crippen molar-refractivity contribution in [1.29, 1.82) is 0 Å². The monoisotopic (exact) mass is 335 g/mol. The van der Waals surface area contributed by atoms with Crippen LogP contribution in [0.25, 0.3) is 0 Å². The molecule has 1 aromatic heterocycles. The Morgan fingerprint density at radius 1 is 1.45 bits per heavy atom.